The molecule has 0 bridgehead atoms. The Kier molecular flexibility index (Phi) is 6.83. The normalized spacial score (nSPS) is 23.5. The van der Waals surface area contributed by atoms with Gasteiger partial charge in [-0.3, -0.25) is 9.69 Å². The topological polar surface area (TPSA) is 29.5 Å². The summed E-state index contributed by atoms with van der Waals surface area (Å²) in [7, 11) is 0. The van der Waals surface area contributed by atoms with Crippen molar-refractivity contribution < 1.29 is 9.53 Å². The molecule has 138 valence electrons. The fraction of sp³-hybridized carbons (Fsp3) is 0.667. The molecule has 3 nitrogen and oxygen atoms in total. The molecular weight excluding hydrogens is 330 g/mol. The summed E-state index contributed by atoms with van der Waals surface area (Å²) >= 11 is 2.07. The number of carbonyl (C=O) groups excluding carboxylic acids is 1. The third-order valence-electron chi connectivity index (χ3n) is 5.85. The van der Waals surface area contributed by atoms with Crippen LogP contribution < -0.4 is 0 Å². The molecule has 4 heteroatoms. The highest BCUT2D eigenvalue weighted by Crippen LogP contribution is 2.39. The molecule has 2 heterocycles. The molecule has 2 aliphatic rings. The number of piperidine rings is 1. The molecule has 0 amide bonds. The molecule has 3 rings (SSSR count). The Morgan fingerprint density at radius 1 is 1.28 bits per heavy atom. The fourth-order valence-electron chi connectivity index (χ4n) is 4.24. The van der Waals surface area contributed by atoms with Crippen LogP contribution in [-0.2, 0) is 16.0 Å². The number of thioether (sulfide) groups is 1. The molecule has 0 aliphatic carbocycles. The maximum atomic E-state index is 12.7. The largest absolute Gasteiger partial charge is 0.466 e. The van der Waals surface area contributed by atoms with Crippen LogP contribution in [0.1, 0.15) is 44.6 Å². The van der Waals surface area contributed by atoms with Crippen molar-refractivity contribution in [2.75, 3.05) is 31.2 Å². The molecule has 0 aromatic heterocycles. The van der Waals surface area contributed by atoms with Crippen LogP contribution in [0.4, 0.5) is 0 Å². The van der Waals surface area contributed by atoms with E-state index in [0.717, 1.165) is 51.2 Å². The lowest BCUT2D eigenvalue weighted by Gasteiger charge is -2.42. The van der Waals surface area contributed by atoms with E-state index in [4.69, 9.17) is 4.74 Å². The third-order valence-corrected chi connectivity index (χ3v) is 6.99. The van der Waals surface area contributed by atoms with Crippen LogP contribution >= 0.6 is 11.8 Å². The van der Waals surface area contributed by atoms with Gasteiger partial charge in [0.2, 0.25) is 0 Å². The highest BCUT2D eigenvalue weighted by atomic mass is 32.2. The quantitative estimate of drug-likeness (QED) is 0.682. The first-order valence-corrected chi connectivity index (χ1v) is 10.9. The molecule has 1 atom stereocenters. The fourth-order valence-corrected chi connectivity index (χ4v) is 5.50. The summed E-state index contributed by atoms with van der Waals surface area (Å²) in [6.07, 6.45) is 6.29. The molecule has 0 spiro atoms. The van der Waals surface area contributed by atoms with Crippen molar-refractivity contribution in [2.24, 2.45) is 5.41 Å². The first-order chi connectivity index (χ1) is 12.2. The monoisotopic (exact) mass is 361 g/mol. The smallest absolute Gasteiger partial charge is 0.312 e. The SMILES string of the molecule is CCOC(=O)C1(CCCc2ccccc2)CCN([C@@H]2CCSC2)CC1. The molecule has 0 saturated carbocycles. The Labute approximate surface area is 156 Å². The zero-order valence-corrected chi connectivity index (χ0v) is 16.2. The van der Waals surface area contributed by atoms with Gasteiger partial charge in [-0.05, 0) is 69.9 Å². The van der Waals surface area contributed by atoms with Crippen molar-refractivity contribution in [3.63, 3.8) is 0 Å². The number of aryl methyl sites for hydroxylation is 1. The molecule has 0 radical (unpaired) electrons. The second-order valence-electron chi connectivity index (χ2n) is 7.39. The van der Waals surface area contributed by atoms with Gasteiger partial charge in [0.05, 0.1) is 12.0 Å². The van der Waals surface area contributed by atoms with Gasteiger partial charge in [0.1, 0.15) is 0 Å². The molecule has 2 fully saturated rings. The molecular formula is C21H31NO2S. The Morgan fingerprint density at radius 2 is 2.04 bits per heavy atom. The van der Waals surface area contributed by atoms with Gasteiger partial charge in [-0.1, -0.05) is 30.3 Å². The van der Waals surface area contributed by atoms with E-state index in [9.17, 15) is 4.79 Å². The Bertz CT molecular complexity index is 534. The number of hydrogen-bond acceptors (Lipinski definition) is 4. The minimum absolute atomic E-state index is 0.0449. The standard InChI is InChI=1S/C21H31NO2S/c1-2-24-20(23)21(11-6-9-18-7-4-3-5-8-18)12-14-22(15-13-21)19-10-16-25-17-19/h3-5,7-8,19H,2,6,9-17H2,1H3/t19-/m1/s1. The van der Waals surface area contributed by atoms with E-state index in [0.29, 0.717) is 6.61 Å². The predicted molar refractivity (Wildman–Crippen MR) is 105 cm³/mol. The van der Waals surface area contributed by atoms with E-state index in [-0.39, 0.29) is 11.4 Å². The van der Waals surface area contributed by atoms with E-state index in [1.165, 1.54) is 23.5 Å². The third kappa shape index (κ3) is 4.79. The maximum absolute atomic E-state index is 12.7. The van der Waals surface area contributed by atoms with Crippen molar-refractivity contribution in [3.05, 3.63) is 35.9 Å². The Morgan fingerprint density at radius 3 is 2.68 bits per heavy atom. The van der Waals surface area contributed by atoms with Crippen LogP contribution in [-0.4, -0.2) is 48.1 Å². The molecule has 0 N–H and O–H groups in total. The molecule has 0 unspecified atom stereocenters. The average Bonchev–Trinajstić information content (AvgIpc) is 3.18. The van der Waals surface area contributed by atoms with Crippen molar-refractivity contribution in [3.8, 4) is 0 Å². The molecule has 1 aromatic carbocycles. The van der Waals surface area contributed by atoms with Crippen LogP contribution in [0.3, 0.4) is 0 Å². The van der Waals surface area contributed by atoms with Gasteiger partial charge in [-0.2, -0.15) is 11.8 Å². The van der Waals surface area contributed by atoms with Crippen molar-refractivity contribution >= 4 is 17.7 Å². The van der Waals surface area contributed by atoms with Gasteiger partial charge in [-0.25, -0.2) is 0 Å². The summed E-state index contributed by atoms with van der Waals surface area (Å²) in [6.45, 7) is 4.51. The van der Waals surface area contributed by atoms with Gasteiger partial charge in [-0.15, -0.1) is 0 Å². The molecule has 1 aromatic rings. The van der Waals surface area contributed by atoms with E-state index < -0.39 is 0 Å². The van der Waals surface area contributed by atoms with Crippen LogP contribution in [0.5, 0.6) is 0 Å². The van der Waals surface area contributed by atoms with E-state index in [2.05, 4.69) is 47.0 Å². The van der Waals surface area contributed by atoms with Crippen LogP contribution in [0.15, 0.2) is 30.3 Å². The lowest BCUT2D eigenvalue weighted by atomic mass is 9.74. The van der Waals surface area contributed by atoms with Crippen LogP contribution in [0, 0.1) is 5.41 Å². The van der Waals surface area contributed by atoms with Gasteiger partial charge in [0, 0.05) is 11.8 Å². The summed E-state index contributed by atoms with van der Waals surface area (Å²) in [5.74, 6) is 2.60. The maximum Gasteiger partial charge on any atom is 0.312 e. The second-order valence-corrected chi connectivity index (χ2v) is 8.54. The first-order valence-electron chi connectivity index (χ1n) is 9.76. The number of hydrogen-bond donors (Lipinski definition) is 0. The number of benzene rings is 1. The Hall–Kier alpha value is -1.00. The summed E-state index contributed by atoms with van der Waals surface area (Å²) in [6, 6.07) is 11.3. The van der Waals surface area contributed by atoms with E-state index >= 15 is 0 Å². The number of esters is 1. The molecule has 2 aliphatic heterocycles. The van der Waals surface area contributed by atoms with Crippen LogP contribution in [0.2, 0.25) is 0 Å². The lowest BCUT2D eigenvalue weighted by Crippen LogP contribution is -2.48. The second kappa shape index (κ2) is 9.09. The summed E-state index contributed by atoms with van der Waals surface area (Å²) < 4.78 is 5.49. The van der Waals surface area contributed by atoms with Gasteiger partial charge < -0.3 is 4.74 Å². The minimum Gasteiger partial charge on any atom is -0.466 e. The lowest BCUT2D eigenvalue weighted by molar-refractivity contribution is -0.159. The molecule has 2 saturated heterocycles. The first kappa shape index (κ1) is 18.8. The van der Waals surface area contributed by atoms with Crippen molar-refractivity contribution in [1.82, 2.24) is 4.90 Å². The van der Waals surface area contributed by atoms with E-state index in [1.54, 1.807) is 0 Å². The van der Waals surface area contributed by atoms with Gasteiger partial charge in [0.15, 0.2) is 0 Å². The number of nitrogens with zero attached hydrogens (tertiary/aromatic N) is 1. The number of carbonyl (C=O) groups is 1. The summed E-state index contributed by atoms with van der Waals surface area (Å²) in [4.78, 5) is 15.4. The highest BCUT2D eigenvalue weighted by molar-refractivity contribution is 7.99. The van der Waals surface area contributed by atoms with Crippen LogP contribution in [0.25, 0.3) is 0 Å². The van der Waals surface area contributed by atoms with Gasteiger partial charge >= 0.3 is 5.97 Å². The zero-order chi connectivity index (χ0) is 17.5. The number of rotatable bonds is 7. The predicted octanol–water partition coefficient (Wildman–Crippen LogP) is 4.16. The number of likely N-dealkylation sites (tertiary alicyclic amines) is 1. The average molecular weight is 362 g/mol. The van der Waals surface area contributed by atoms with E-state index in [1.807, 2.05) is 6.92 Å². The minimum atomic E-state index is -0.257. The zero-order valence-electron chi connectivity index (χ0n) is 15.4. The summed E-state index contributed by atoms with van der Waals surface area (Å²) in [5, 5.41) is 0. The van der Waals surface area contributed by atoms with Crippen molar-refractivity contribution in [2.45, 2.75) is 51.5 Å². The van der Waals surface area contributed by atoms with Crippen molar-refractivity contribution in [1.29, 1.82) is 0 Å². The molecule has 25 heavy (non-hydrogen) atoms. The van der Waals surface area contributed by atoms with Gasteiger partial charge in [0.25, 0.3) is 0 Å². The summed E-state index contributed by atoms with van der Waals surface area (Å²) in [5.41, 5.74) is 1.11. The number of ether oxygens (including phenoxy) is 1. The Balaban J connectivity index is 1.58. The highest BCUT2D eigenvalue weighted by Gasteiger charge is 2.43.